The molecule has 0 spiro atoms. The second kappa shape index (κ2) is 8.10. The minimum atomic E-state index is -0.601. The summed E-state index contributed by atoms with van der Waals surface area (Å²) in [4.78, 5) is 28.4. The van der Waals surface area contributed by atoms with E-state index in [4.69, 9.17) is 9.47 Å². The Labute approximate surface area is 166 Å². The molecule has 146 valence electrons. The summed E-state index contributed by atoms with van der Waals surface area (Å²) in [5.74, 6) is -0.530. The van der Waals surface area contributed by atoms with Gasteiger partial charge in [0.25, 0.3) is 0 Å². The zero-order chi connectivity index (χ0) is 20.2. The average molecular weight is 392 g/mol. The predicted molar refractivity (Wildman–Crippen MR) is 102 cm³/mol. The van der Waals surface area contributed by atoms with E-state index in [1.165, 1.54) is 18.2 Å². The number of aromatic nitrogens is 1. The van der Waals surface area contributed by atoms with E-state index >= 15 is 0 Å². The minimum Gasteiger partial charge on any atom is -0.453 e. The first-order chi connectivity index (χ1) is 14.1. The second-order valence-corrected chi connectivity index (χ2v) is 6.49. The van der Waals surface area contributed by atoms with Crippen molar-refractivity contribution >= 4 is 11.9 Å². The van der Waals surface area contributed by atoms with E-state index in [0.717, 1.165) is 0 Å². The van der Waals surface area contributed by atoms with Crippen molar-refractivity contribution in [1.29, 1.82) is 0 Å². The summed E-state index contributed by atoms with van der Waals surface area (Å²) in [5.41, 5.74) is 1.83. The van der Waals surface area contributed by atoms with Crippen molar-refractivity contribution in [2.75, 3.05) is 0 Å². The molecule has 1 aliphatic heterocycles. The number of ether oxygens (including phenoxy) is 2. The number of hydrogen-bond donors (Lipinski definition) is 1. The summed E-state index contributed by atoms with van der Waals surface area (Å²) in [6.07, 6.45) is 0.966. The predicted octanol–water partition coefficient (Wildman–Crippen LogP) is 3.93. The first-order valence-corrected chi connectivity index (χ1v) is 9.04. The summed E-state index contributed by atoms with van der Waals surface area (Å²) in [5, 5.41) is 2.78. The van der Waals surface area contributed by atoms with Crippen molar-refractivity contribution in [2.45, 2.75) is 19.1 Å². The van der Waals surface area contributed by atoms with Gasteiger partial charge in [-0.05, 0) is 24.3 Å². The average Bonchev–Trinajstić information content (AvgIpc) is 3.03. The Morgan fingerprint density at radius 1 is 1.14 bits per heavy atom. The van der Waals surface area contributed by atoms with Gasteiger partial charge in [0.05, 0.1) is 12.0 Å². The van der Waals surface area contributed by atoms with Gasteiger partial charge in [-0.2, -0.15) is 0 Å². The molecule has 0 radical (unpaired) electrons. The molecule has 0 fully saturated rings. The molecule has 1 N–H and O–H groups in total. The number of halogens is 1. The van der Waals surface area contributed by atoms with Gasteiger partial charge >= 0.3 is 5.97 Å². The van der Waals surface area contributed by atoms with Gasteiger partial charge in [0, 0.05) is 29.9 Å². The monoisotopic (exact) mass is 392 g/mol. The van der Waals surface area contributed by atoms with Gasteiger partial charge in [0.1, 0.15) is 17.7 Å². The van der Waals surface area contributed by atoms with E-state index in [-0.39, 0.29) is 24.8 Å². The molecule has 2 aromatic carbocycles. The first-order valence-electron chi connectivity index (χ1n) is 9.04. The van der Waals surface area contributed by atoms with Crippen LogP contribution in [-0.2, 0) is 16.1 Å². The zero-order valence-electron chi connectivity index (χ0n) is 15.3. The number of carbonyl (C=O) groups excluding carboxylic acids is 2. The lowest BCUT2D eigenvalue weighted by Gasteiger charge is -2.13. The molecule has 6 nitrogen and oxygen atoms in total. The van der Waals surface area contributed by atoms with Gasteiger partial charge in [-0.1, -0.05) is 30.3 Å². The molecule has 0 unspecified atom stereocenters. The lowest BCUT2D eigenvalue weighted by Crippen LogP contribution is -2.25. The lowest BCUT2D eigenvalue weighted by atomic mass is 10.0. The van der Waals surface area contributed by atoms with Crippen LogP contribution in [0.15, 0.2) is 66.9 Å². The van der Waals surface area contributed by atoms with E-state index in [1.54, 1.807) is 48.7 Å². The van der Waals surface area contributed by atoms with Crippen molar-refractivity contribution in [2.24, 2.45) is 0 Å². The third-order valence-electron chi connectivity index (χ3n) is 4.48. The maximum Gasteiger partial charge on any atom is 0.339 e. The second-order valence-electron chi connectivity index (χ2n) is 6.49. The van der Waals surface area contributed by atoms with Crippen LogP contribution in [0.4, 0.5) is 4.39 Å². The SMILES string of the molecule is O=C(C[C@@H]1OC(=O)c2ccccc21)NCc1cccnc1Oc1cccc(F)c1. The molecule has 1 atom stereocenters. The molecule has 0 saturated heterocycles. The smallest absolute Gasteiger partial charge is 0.339 e. The quantitative estimate of drug-likeness (QED) is 0.643. The van der Waals surface area contributed by atoms with Crippen LogP contribution in [0.25, 0.3) is 0 Å². The molecule has 29 heavy (non-hydrogen) atoms. The highest BCUT2D eigenvalue weighted by atomic mass is 19.1. The van der Waals surface area contributed by atoms with Crippen LogP contribution in [0.1, 0.15) is 34.0 Å². The molecule has 0 aliphatic carbocycles. The van der Waals surface area contributed by atoms with Crippen molar-refractivity contribution < 1.29 is 23.5 Å². The topological polar surface area (TPSA) is 77.5 Å². The van der Waals surface area contributed by atoms with Crippen molar-refractivity contribution in [3.05, 3.63) is 89.4 Å². The number of cyclic esters (lactones) is 1. The molecule has 0 saturated carbocycles. The van der Waals surface area contributed by atoms with Gasteiger partial charge in [0.2, 0.25) is 11.8 Å². The molecular formula is C22H17FN2O4. The molecule has 1 amide bonds. The van der Waals surface area contributed by atoms with Crippen molar-refractivity contribution in [3.8, 4) is 11.6 Å². The summed E-state index contributed by atoms with van der Waals surface area (Å²) in [6.45, 7) is 0.166. The van der Waals surface area contributed by atoms with Crippen LogP contribution in [0, 0.1) is 5.82 Å². The van der Waals surface area contributed by atoms with Gasteiger partial charge in [-0.3, -0.25) is 4.79 Å². The van der Waals surface area contributed by atoms with E-state index in [2.05, 4.69) is 10.3 Å². The van der Waals surface area contributed by atoms with Gasteiger partial charge in [0.15, 0.2) is 0 Å². The fourth-order valence-corrected chi connectivity index (χ4v) is 3.10. The molecule has 3 aromatic rings. The Morgan fingerprint density at radius 3 is 2.86 bits per heavy atom. The number of amides is 1. The van der Waals surface area contributed by atoms with Crippen LogP contribution in [0.5, 0.6) is 11.6 Å². The number of hydrogen-bond acceptors (Lipinski definition) is 5. The van der Waals surface area contributed by atoms with E-state index in [0.29, 0.717) is 22.4 Å². The highest BCUT2D eigenvalue weighted by Gasteiger charge is 2.31. The maximum atomic E-state index is 13.4. The lowest BCUT2D eigenvalue weighted by molar-refractivity contribution is -0.123. The number of nitrogens with zero attached hydrogens (tertiary/aromatic N) is 1. The van der Waals surface area contributed by atoms with Crippen LogP contribution >= 0.6 is 0 Å². The highest BCUT2D eigenvalue weighted by molar-refractivity contribution is 5.94. The number of pyridine rings is 1. The zero-order valence-corrected chi connectivity index (χ0v) is 15.3. The minimum absolute atomic E-state index is 0.0170. The summed E-state index contributed by atoms with van der Waals surface area (Å²) >= 11 is 0. The molecule has 2 heterocycles. The Balaban J connectivity index is 1.40. The largest absolute Gasteiger partial charge is 0.453 e. The molecular weight excluding hydrogens is 375 g/mol. The third-order valence-corrected chi connectivity index (χ3v) is 4.48. The standard InChI is InChI=1S/C22H17FN2O4/c23-15-6-3-7-16(11-15)28-21-14(5-4-10-24-21)13-25-20(26)12-19-17-8-1-2-9-18(17)22(27)29-19/h1-11,19H,12-13H2,(H,25,26)/t19-/m0/s1. The van der Waals surface area contributed by atoms with Crippen molar-refractivity contribution in [1.82, 2.24) is 10.3 Å². The van der Waals surface area contributed by atoms with E-state index in [1.807, 2.05) is 0 Å². The molecule has 7 heteroatoms. The Bertz CT molecular complexity index is 1070. The molecule has 4 rings (SSSR count). The third kappa shape index (κ3) is 4.24. The molecule has 0 bridgehead atoms. The maximum absolute atomic E-state index is 13.4. The number of fused-ring (bicyclic) bond motifs is 1. The molecule has 1 aliphatic rings. The van der Waals surface area contributed by atoms with E-state index in [9.17, 15) is 14.0 Å². The Kier molecular flexibility index (Phi) is 5.20. The number of esters is 1. The summed E-state index contributed by atoms with van der Waals surface area (Å²) in [6, 6.07) is 16.2. The van der Waals surface area contributed by atoms with Gasteiger partial charge < -0.3 is 14.8 Å². The fourth-order valence-electron chi connectivity index (χ4n) is 3.10. The van der Waals surface area contributed by atoms with Crippen LogP contribution < -0.4 is 10.1 Å². The Hall–Kier alpha value is -3.74. The van der Waals surface area contributed by atoms with E-state index < -0.39 is 17.9 Å². The van der Waals surface area contributed by atoms with Crippen LogP contribution in [-0.4, -0.2) is 16.9 Å². The first kappa shape index (κ1) is 18.6. The molecule has 1 aromatic heterocycles. The Morgan fingerprint density at radius 2 is 2.00 bits per heavy atom. The number of benzene rings is 2. The highest BCUT2D eigenvalue weighted by Crippen LogP contribution is 2.32. The summed E-state index contributed by atoms with van der Waals surface area (Å²) < 4.78 is 24.3. The van der Waals surface area contributed by atoms with Gasteiger partial charge in [-0.15, -0.1) is 0 Å². The number of carbonyl (C=O) groups is 2. The number of nitrogens with one attached hydrogen (secondary N) is 1. The van der Waals surface area contributed by atoms with Crippen LogP contribution in [0.2, 0.25) is 0 Å². The normalized spacial score (nSPS) is 14.8. The number of rotatable bonds is 6. The summed E-state index contributed by atoms with van der Waals surface area (Å²) in [7, 11) is 0. The fraction of sp³-hybridized carbons (Fsp3) is 0.136. The van der Waals surface area contributed by atoms with Crippen molar-refractivity contribution in [3.63, 3.8) is 0 Å². The van der Waals surface area contributed by atoms with Gasteiger partial charge in [-0.25, -0.2) is 14.2 Å². The van der Waals surface area contributed by atoms with Crippen LogP contribution in [0.3, 0.4) is 0 Å².